The van der Waals surface area contributed by atoms with Crippen molar-refractivity contribution in [2.75, 3.05) is 43.4 Å². The van der Waals surface area contributed by atoms with Crippen LogP contribution in [0.3, 0.4) is 0 Å². The van der Waals surface area contributed by atoms with Crippen molar-refractivity contribution in [2.24, 2.45) is 7.05 Å². The van der Waals surface area contributed by atoms with Gasteiger partial charge in [-0.1, -0.05) is 12.1 Å². The van der Waals surface area contributed by atoms with Gasteiger partial charge in [-0.15, -0.1) is 0 Å². The number of carbonyl (C=O) groups excluding carboxylic acids is 3. The third-order valence-electron chi connectivity index (χ3n) is 9.66. The molecule has 15 nitrogen and oxygen atoms in total. The number of amides is 3. The zero-order valence-corrected chi connectivity index (χ0v) is 27.3. The smallest absolute Gasteiger partial charge is 0.329 e. The van der Waals surface area contributed by atoms with E-state index in [0.717, 1.165) is 61.6 Å². The summed E-state index contributed by atoms with van der Waals surface area (Å²) in [5, 5.41) is 13.3. The van der Waals surface area contributed by atoms with Gasteiger partial charge >= 0.3 is 5.69 Å². The third-order valence-corrected chi connectivity index (χ3v) is 9.66. The van der Waals surface area contributed by atoms with Crippen LogP contribution in [0.15, 0.2) is 53.5 Å². The van der Waals surface area contributed by atoms with Crippen LogP contribution in [0.5, 0.6) is 0 Å². The van der Waals surface area contributed by atoms with Crippen LogP contribution in [-0.2, 0) is 23.2 Å². The molecule has 6 heterocycles. The Morgan fingerprint density at radius 3 is 2.55 bits per heavy atom. The lowest BCUT2D eigenvalue weighted by Crippen LogP contribution is -2.46. The topological polar surface area (TPSA) is 164 Å². The van der Waals surface area contributed by atoms with Gasteiger partial charge in [0.2, 0.25) is 11.8 Å². The second-order valence-electron chi connectivity index (χ2n) is 13.0. The van der Waals surface area contributed by atoms with Crippen LogP contribution >= 0.6 is 0 Å². The van der Waals surface area contributed by atoms with E-state index in [1.807, 2.05) is 49.5 Å². The zero-order chi connectivity index (χ0) is 33.8. The number of piperidine rings is 1. The molecule has 0 bridgehead atoms. The number of rotatable bonds is 8. The molecule has 1 saturated carbocycles. The van der Waals surface area contributed by atoms with Gasteiger partial charge < -0.3 is 15.5 Å². The van der Waals surface area contributed by atoms with Crippen molar-refractivity contribution in [1.29, 1.82) is 0 Å². The van der Waals surface area contributed by atoms with E-state index in [9.17, 15) is 19.2 Å². The Balaban J connectivity index is 0.969. The van der Waals surface area contributed by atoms with Gasteiger partial charge in [0.05, 0.1) is 28.6 Å². The number of hydrogen-bond acceptors (Lipinski definition) is 10. The molecule has 4 aromatic heterocycles. The minimum absolute atomic E-state index is 0.184. The number of benzene rings is 1. The highest BCUT2D eigenvalue weighted by Crippen LogP contribution is 2.27. The summed E-state index contributed by atoms with van der Waals surface area (Å²) in [6, 6.07) is 13.2. The highest BCUT2D eigenvalue weighted by Gasteiger charge is 2.31. The van der Waals surface area contributed by atoms with Gasteiger partial charge in [0.15, 0.2) is 11.3 Å². The monoisotopic (exact) mass is 663 g/mol. The van der Waals surface area contributed by atoms with Crippen LogP contribution in [0.1, 0.15) is 47.8 Å². The number of fused-ring (bicyclic) bond motifs is 2. The Morgan fingerprint density at radius 2 is 1.80 bits per heavy atom. The molecule has 1 unspecified atom stereocenters. The average Bonchev–Trinajstić information content (AvgIpc) is 3.76. The molecule has 0 spiro atoms. The molecule has 3 amide bonds. The number of piperazine rings is 1. The average molecular weight is 664 g/mol. The second-order valence-corrected chi connectivity index (χ2v) is 13.0. The lowest BCUT2D eigenvalue weighted by molar-refractivity contribution is -0.135. The van der Waals surface area contributed by atoms with Crippen LogP contribution in [0.25, 0.3) is 28.1 Å². The first-order chi connectivity index (χ1) is 23.8. The van der Waals surface area contributed by atoms with Crippen LogP contribution < -0.4 is 26.5 Å². The Bertz CT molecular complexity index is 2190. The van der Waals surface area contributed by atoms with Crippen molar-refractivity contribution in [2.45, 2.75) is 44.3 Å². The van der Waals surface area contributed by atoms with Gasteiger partial charge in [0, 0.05) is 59.3 Å². The number of carbonyl (C=O) groups is 3. The fourth-order valence-corrected chi connectivity index (χ4v) is 6.79. The summed E-state index contributed by atoms with van der Waals surface area (Å²) in [5.74, 6) is -0.0738. The molecule has 2 aliphatic heterocycles. The van der Waals surface area contributed by atoms with E-state index >= 15 is 0 Å². The quantitative estimate of drug-likeness (QED) is 0.208. The molecular weight excluding hydrogens is 626 g/mol. The number of nitrogens with one attached hydrogen (secondary N) is 3. The molecule has 3 N–H and O–H groups in total. The molecule has 252 valence electrons. The molecular formula is C34H37N11O4. The SMILES string of the molecule is CNc1cc(-c2cccc(N3CCN(Cc4ccc5c(c4)n(C)c(=O)n5C4CCC(=O)NC4=O)CC3)n2)nn2c(C(=O)NC3CC3)cnc12. The van der Waals surface area contributed by atoms with Crippen LogP contribution in [0.4, 0.5) is 11.5 Å². The molecule has 1 aromatic carbocycles. The minimum atomic E-state index is -0.703. The number of imide groups is 1. The summed E-state index contributed by atoms with van der Waals surface area (Å²) in [4.78, 5) is 64.3. The highest BCUT2D eigenvalue weighted by atomic mass is 16.2. The zero-order valence-electron chi connectivity index (χ0n) is 27.3. The van der Waals surface area contributed by atoms with Crippen molar-refractivity contribution >= 4 is 45.9 Å². The van der Waals surface area contributed by atoms with Gasteiger partial charge in [-0.05, 0) is 55.2 Å². The normalized spacial score (nSPS) is 18.7. The van der Waals surface area contributed by atoms with Crippen molar-refractivity contribution in [3.05, 3.63) is 70.4 Å². The first-order valence-corrected chi connectivity index (χ1v) is 16.6. The van der Waals surface area contributed by atoms with E-state index in [1.54, 1.807) is 22.3 Å². The summed E-state index contributed by atoms with van der Waals surface area (Å²) in [5.41, 5.74) is 5.29. The first kappa shape index (κ1) is 30.7. The Labute approximate surface area is 280 Å². The molecule has 1 atom stereocenters. The van der Waals surface area contributed by atoms with Crippen LogP contribution in [0.2, 0.25) is 0 Å². The Hall–Kier alpha value is -5.57. The molecule has 3 fully saturated rings. The largest absolute Gasteiger partial charge is 0.385 e. The maximum atomic E-state index is 13.2. The maximum absolute atomic E-state index is 13.2. The summed E-state index contributed by atoms with van der Waals surface area (Å²) >= 11 is 0. The number of imidazole rings is 2. The van der Waals surface area contributed by atoms with Gasteiger partial charge in [-0.2, -0.15) is 5.10 Å². The number of aromatic nitrogens is 6. The van der Waals surface area contributed by atoms with Gasteiger partial charge in [-0.25, -0.2) is 19.3 Å². The van der Waals surface area contributed by atoms with Crippen molar-refractivity contribution in [3.63, 3.8) is 0 Å². The van der Waals surface area contributed by atoms with E-state index in [0.29, 0.717) is 41.2 Å². The lowest BCUT2D eigenvalue weighted by atomic mass is 10.1. The fourth-order valence-electron chi connectivity index (χ4n) is 6.79. The van der Waals surface area contributed by atoms with Crippen LogP contribution in [-0.4, -0.2) is 90.6 Å². The molecule has 2 saturated heterocycles. The predicted octanol–water partition coefficient (Wildman–Crippen LogP) is 1.68. The van der Waals surface area contributed by atoms with Gasteiger partial charge in [0.25, 0.3) is 5.91 Å². The highest BCUT2D eigenvalue weighted by molar-refractivity contribution is 6.00. The maximum Gasteiger partial charge on any atom is 0.329 e. The number of nitrogens with zero attached hydrogens (tertiary/aromatic N) is 8. The Kier molecular flexibility index (Phi) is 7.62. The third kappa shape index (κ3) is 5.69. The number of anilines is 2. The molecule has 3 aliphatic rings. The van der Waals surface area contributed by atoms with Gasteiger partial charge in [0.1, 0.15) is 17.6 Å². The second kappa shape index (κ2) is 12.1. The minimum Gasteiger partial charge on any atom is -0.385 e. The number of pyridine rings is 1. The number of aryl methyl sites for hydroxylation is 1. The lowest BCUT2D eigenvalue weighted by Gasteiger charge is -2.35. The summed E-state index contributed by atoms with van der Waals surface area (Å²) in [6.07, 6.45) is 4.06. The molecule has 0 radical (unpaired) electrons. The Morgan fingerprint density at radius 1 is 0.980 bits per heavy atom. The summed E-state index contributed by atoms with van der Waals surface area (Å²) in [6.45, 7) is 3.92. The molecule has 15 heteroatoms. The van der Waals surface area contributed by atoms with Crippen molar-refractivity contribution < 1.29 is 14.4 Å². The summed E-state index contributed by atoms with van der Waals surface area (Å²) in [7, 11) is 3.53. The van der Waals surface area contributed by atoms with E-state index in [2.05, 4.69) is 30.7 Å². The predicted molar refractivity (Wildman–Crippen MR) is 182 cm³/mol. The van der Waals surface area contributed by atoms with E-state index in [4.69, 9.17) is 10.1 Å². The molecule has 8 rings (SSSR count). The number of hydrogen-bond donors (Lipinski definition) is 3. The van der Waals surface area contributed by atoms with Gasteiger partial charge in [-0.3, -0.25) is 33.7 Å². The van der Waals surface area contributed by atoms with Crippen LogP contribution in [0, 0.1) is 0 Å². The van der Waals surface area contributed by atoms with E-state index in [1.165, 1.54) is 4.57 Å². The molecule has 1 aliphatic carbocycles. The molecule has 5 aromatic rings. The summed E-state index contributed by atoms with van der Waals surface area (Å²) < 4.78 is 4.67. The first-order valence-electron chi connectivity index (χ1n) is 16.6. The standard InChI is InChI=1S/C34H37N11O4/c1-35-24-17-23(40-45-28(18-36-31(24)45)33(48)37-21-7-8-21)22-4-3-5-29(38-22)43-14-12-42(13-15-43)19-20-6-9-25-27(16-20)41(2)34(49)44(25)26-10-11-30(46)39-32(26)47/h3-6,9,16-18,21,26,35H,7-8,10-15,19H2,1-2H3,(H,37,48)(H,39,46,47). The van der Waals surface area contributed by atoms with Crippen molar-refractivity contribution in [3.8, 4) is 11.4 Å². The van der Waals surface area contributed by atoms with E-state index in [-0.39, 0.29) is 30.0 Å². The fraction of sp³-hybridized carbons (Fsp3) is 0.382. The van der Waals surface area contributed by atoms with E-state index < -0.39 is 11.9 Å². The molecule has 49 heavy (non-hydrogen) atoms. The van der Waals surface area contributed by atoms with Crippen molar-refractivity contribution in [1.82, 2.24) is 44.2 Å².